The molecule has 2 unspecified atom stereocenters. The number of rotatable bonds is 2. The van der Waals surface area contributed by atoms with Crippen LogP contribution in [-0.2, 0) is 14.4 Å². The molecule has 4 aliphatic rings. The molecule has 0 radical (unpaired) electrons. The standard InChI is InChI=1S/C22H31BrO5/c1-11-8-14-12-4-5-13-19(23)15(25)6-7-20(13,2)18(12)16(26)9-21(14,3)22(11,28)17(27)10-24/h11-14,18-19,24,28H,4-10H2,1-3H3/t11-,12+,13?,14+,18-,19?,20+,21+,22+/m1/s1. The van der Waals surface area contributed by atoms with Crippen molar-refractivity contribution in [2.75, 3.05) is 6.61 Å². The first-order valence-corrected chi connectivity index (χ1v) is 11.5. The molecule has 2 N–H and O–H groups in total. The minimum Gasteiger partial charge on any atom is -0.388 e. The van der Waals surface area contributed by atoms with Gasteiger partial charge in [-0.1, -0.05) is 36.7 Å². The van der Waals surface area contributed by atoms with Crippen LogP contribution in [0.5, 0.6) is 0 Å². The molecule has 0 aromatic carbocycles. The molecule has 0 amide bonds. The van der Waals surface area contributed by atoms with Crippen LogP contribution in [0.3, 0.4) is 0 Å². The first-order valence-electron chi connectivity index (χ1n) is 10.6. The van der Waals surface area contributed by atoms with Gasteiger partial charge in [-0.15, -0.1) is 0 Å². The summed E-state index contributed by atoms with van der Waals surface area (Å²) in [4.78, 5) is 38.2. The zero-order valence-corrected chi connectivity index (χ0v) is 18.5. The van der Waals surface area contributed by atoms with Gasteiger partial charge in [-0.05, 0) is 54.8 Å². The number of carbonyl (C=O) groups is 3. The average Bonchev–Trinajstić information content (AvgIpc) is 2.85. The Bertz CT molecular complexity index is 736. The van der Waals surface area contributed by atoms with Crippen molar-refractivity contribution in [3.05, 3.63) is 0 Å². The summed E-state index contributed by atoms with van der Waals surface area (Å²) in [5.74, 6) is -0.208. The molecule has 4 saturated carbocycles. The number of aliphatic hydroxyl groups excluding tert-OH is 1. The summed E-state index contributed by atoms with van der Waals surface area (Å²) in [5, 5.41) is 20.9. The molecular weight excluding hydrogens is 424 g/mol. The van der Waals surface area contributed by atoms with E-state index in [9.17, 15) is 24.6 Å². The molecule has 0 saturated heterocycles. The van der Waals surface area contributed by atoms with Crippen molar-refractivity contribution < 1.29 is 24.6 Å². The third kappa shape index (κ3) is 2.34. The normalized spacial score (nSPS) is 53.4. The topological polar surface area (TPSA) is 91.7 Å². The first kappa shape index (κ1) is 20.7. The summed E-state index contributed by atoms with van der Waals surface area (Å²) in [6, 6.07) is 0. The van der Waals surface area contributed by atoms with Crippen molar-refractivity contribution in [1.82, 2.24) is 0 Å². The molecule has 4 fully saturated rings. The van der Waals surface area contributed by atoms with E-state index in [4.69, 9.17) is 0 Å². The summed E-state index contributed by atoms with van der Waals surface area (Å²) >= 11 is 3.62. The maximum atomic E-state index is 13.5. The first-order chi connectivity index (χ1) is 13.0. The predicted molar refractivity (Wildman–Crippen MR) is 107 cm³/mol. The van der Waals surface area contributed by atoms with Crippen LogP contribution in [0.25, 0.3) is 0 Å². The molecule has 6 heteroatoms. The highest BCUT2D eigenvalue weighted by atomic mass is 79.9. The van der Waals surface area contributed by atoms with E-state index in [0.717, 1.165) is 19.3 Å². The second kappa shape index (κ2) is 6.45. The molecule has 4 aliphatic carbocycles. The molecule has 0 aromatic heterocycles. The molecule has 4 rings (SSSR count). The monoisotopic (exact) mass is 454 g/mol. The van der Waals surface area contributed by atoms with Gasteiger partial charge in [0, 0.05) is 24.2 Å². The fourth-order valence-corrected chi connectivity index (χ4v) is 9.06. The lowest BCUT2D eigenvalue weighted by Gasteiger charge is -2.60. The molecule has 5 nitrogen and oxygen atoms in total. The van der Waals surface area contributed by atoms with Crippen molar-refractivity contribution in [2.45, 2.75) is 69.7 Å². The summed E-state index contributed by atoms with van der Waals surface area (Å²) in [5.41, 5.74) is -2.69. The van der Waals surface area contributed by atoms with Crippen LogP contribution in [0.1, 0.15) is 59.3 Å². The van der Waals surface area contributed by atoms with Gasteiger partial charge in [0.2, 0.25) is 0 Å². The number of halogens is 1. The SMILES string of the molecule is C[C@@H]1C[C@H]2[C@@H]3CCC4C(Br)C(=O)CC[C@]4(C)[C@H]3C(=O)C[C@]2(C)[C@@]1(O)C(=O)CO. The summed E-state index contributed by atoms with van der Waals surface area (Å²) in [7, 11) is 0. The number of hydrogen-bond acceptors (Lipinski definition) is 5. The Kier molecular flexibility index (Phi) is 4.76. The molecule has 156 valence electrons. The Morgan fingerprint density at radius 2 is 1.86 bits per heavy atom. The van der Waals surface area contributed by atoms with Gasteiger partial charge >= 0.3 is 0 Å². The van der Waals surface area contributed by atoms with E-state index in [1.165, 1.54) is 0 Å². The second-order valence-electron chi connectivity index (χ2n) is 10.4. The maximum Gasteiger partial charge on any atom is 0.190 e. The Morgan fingerprint density at radius 1 is 1.18 bits per heavy atom. The number of hydrogen-bond donors (Lipinski definition) is 2. The van der Waals surface area contributed by atoms with Crippen LogP contribution in [0.4, 0.5) is 0 Å². The predicted octanol–water partition coefficient (Wildman–Crippen LogP) is 2.69. The van der Waals surface area contributed by atoms with E-state index < -0.39 is 23.4 Å². The quantitative estimate of drug-likeness (QED) is 0.625. The van der Waals surface area contributed by atoms with Gasteiger partial charge in [0.15, 0.2) is 5.78 Å². The zero-order chi connectivity index (χ0) is 20.6. The van der Waals surface area contributed by atoms with Crippen LogP contribution in [-0.4, -0.2) is 44.6 Å². The Hall–Kier alpha value is -0.590. The van der Waals surface area contributed by atoms with Gasteiger partial charge in [0.25, 0.3) is 0 Å². The van der Waals surface area contributed by atoms with E-state index in [0.29, 0.717) is 12.8 Å². The van der Waals surface area contributed by atoms with Gasteiger partial charge in [-0.2, -0.15) is 0 Å². The summed E-state index contributed by atoms with van der Waals surface area (Å²) in [6.45, 7) is 5.24. The highest BCUT2D eigenvalue weighted by Gasteiger charge is 2.71. The highest BCUT2D eigenvalue weighted by molar-refractivity contribution is 9.10. The van der Waals surface area contributed by atoms with Gasteiger partial charge in [-0.25, -0.2) is 0 Å². The van der Waals surface area contributed by atoms with Gasteiger partial charge in [-0.3, -0.25) is 14.4 Å². The van der Waals surface area contributed by atoms with Crippen molar-refractivity contribution >= 4 is 33.3 Å². The minimum absolute atomic E-state index is 0.0786. The Balaban J connectivity index is 1.75. The molecule has 0 aliphatic heterocycles. The van der Waals surface area contributed by atoms with Crippen molar-refractivity contribution in [3.8, 4) is 0 Å². The van der Waals surface area contributed by atoms with Gasteiger partial charge < -0.3 is 10.2 Å². The van der Waals surface area contributed by atoms with Crippen LogP contribution in [0.2, 0.25) is 0 Å². The van der Waals surface area contributed by atoms with Crippen LogP contribution in [0, 0.1) is 40.4 Å². The van der Waals surface area contributed by atoms with Gasteiger partial charge in [0.1, 0.15) is 23.8 Å². The van der Waals surface area contributed by atoms with Crippen LogP contribution in [0.15, 0.2) is 0 Å². The number of alkyl halides is 1. The molecule has 0 aromatic rings. The highest BCUT2D eigenvalue weighted by Crippen LogP contribution is 2.68. The minimum atomic E-state index is -1.65. The average molecular weight is 455 g/mol. The molecular formula is C22H31BrO5. The van der Waals surface area contributed by atoms with E-state index in [2.05, 4.69) is 22.9 Å². The van der Waals surface area contributed by atoms with Crippen molar-refractivity contribution in [1.29, 1.82) is 0 Å². The lowest BCUT2D eigenvalue weighted by atomic mass is 9.44. The van der Waals surface area contributed by atoms with E-state index >= 15 is 0 Å². The van der Waals surface area contributed by atoms with Crippen molar-refractivity contribution in [3.63, 3.8) is 0 Å². The molecule has 0 heterocycles. The number of fused-ring (bicyclic) bond motifs is 5. The zero-order valence-electron chi connectivity index (χ0n) is 16.9. The Labute approximate surface area is 174 Å². The number of Topliss-reactive ketones (excluding diaryl/α,β-unsaturated/α-hetero) is 3. The molecule has 0 bridgehead atoms. The summed E-state index contributed by atoms with van der Waals surface area (Å²) < 4.78 is 0. The smallest absolute Gasteiger partial charge is 0.190 e. The number of carbonyl (C=O) groups excluding carboxylic acids is 3. The molecule has 0 spiro atoms. The van der Waals surface area contributed by atoms with Crippen LogP contribution < -0.4 is 0 Å². The number of aliphatic hydroxyl groups is 2. The lowest BCUT2D eigenvalue weighted by Crippen LogP contribution is -2.63. The van der Waals surface area contributed by atoms with Crippen molar-refractivity contribution in [2.24, 2.45) is 40.4 Å². The Morgan fingerprint density at radius 3 is 2.50 bits per heavy atom. The molecule has 9 atom stereocenters. The summed E-state index contributed by atoms with van der Waals surface area (Å²) in [6.07, 6.45) is 3.86. The van der Waals surface area contributed by atoms with Crippen LogP contribution >= 0.6 is 15.9 Å². The third-order valence-corrected chi connectivity index (χ3v) is 10.5. The lowest BCUT2D eigenvalue weighted by molar-refractivity contribution is -0.181. The molecule has 28 heavy (non-hydrogen) atoms. The van der Waals surface area contributed by atoms with E-state index in [1.807, 2.05) is 13.8 Å². The third-order valence-electron chi connectivity index (χ3n) is 9.35. The maximum absolute atomic E-state index is 13.5. The van der Waals surface area contributed by atoms with E-state index in [-0.39, 0.29) is 57.8 Å². The fourth-order valence-electron chi connectivity index (χ4n) is 7.96. The number of ketones is 3. The largest absolute Gasteiger partial charge is 0.388 e. The van der Waals surface area contributed by atoms with Gasteiger partial charge in [0.05, 0.1) is 4.83 Å². The second-order valence-corrected chi connectivity index (χ2v) is 11.3. The van der Waals surface area contributed by atoms with E-state index in [1.54, 1.807) is 0 Å². The fraction of sp³-hybridized carbons (Fsp3) is 0.864.